The molecule has 8 heteroatoms. The molecule has 0 aliphatic carbocycles. The van der Waals surface area contributed by atoms with E-state index in [9.17, 15) is 9.59 Å². The molecule has 0 bridgehead atoms. The second-order valence-electron chi connectivity index (χ2n) is 6.46. The van der Waals surface area contributed by atoms with E-state index in [4.69, 9.17) is 19.0 Å². The Balaban J connectivity index is 0.000000243. The summed E-state index contributed by atoms with van der Waals surface area (Å²) in [4.78, 5) is 22.8. The summed E-state index contributed by atoms with van der Waals surface area (Å²) in [6.07, 6.45) is 0.611. The lowest BCUT2D eigenvalue weighted by Gasteiger charge is -2.08. The van der Waals surface area contributed by atoms with Gasteiger partial charge in [0, 0.05) is 10.9 Å². The molecule has 6 nitrogen and oxygen atoms in total. The summed E-state index contributed by atoms with van der Waals surface area (Å²) in [7, 11) is 3.08. The Hall–Kier alpha value is -3.10. The Bertz CT molecular complexity index is 1280. The molecule has 0 radical (unpaired) electrons. The van der Waals surface area contributed by atoms with E-state index in [1.54, 1.807) is 49.6 Å². The molecule has 32 heavy (non-hydrogen) atoms. The van der Waals surface area contributed by atoms with Crippen molar-refractivity contribution in [3.63, 3.8) is 0 Å². The molecule has 0 saturated carbocycles. The van der Waals surface area contributed by atoms with E-state index in [0.717, 1.165) is 9.86 Å². The molecule has 1 aromatic heterocycles. The molecule has 3 aromatic carbocycles. The zero-order chi connectivity index (χ0) is 23.3. The lowest BCUT2D eigenvalue weighted by atomic mass is 10.1. The predicted octanol–water partition coefficient (Wildman–Crippen LogP) is 6.41. The number of rotatable bonds is 5. The van der Waals surface area contributed by atoms with Gasteiger partial charge in [0.2, 0.25) is 5.78 Å². The number of para-hydroxylation sites is 2. The standard InChI is InChI=1S/C17H13BrO4.C7H5BrO2/c1-20-13-7-6-10(8-14(13)21-2)16(19)15-9-11-4-3-5-12(18)17(11)22-15;8-6-3-1-2-5(4-9)7(6)10/h3-9H,1-2H3;1-4,10H. The Labute approximate surface area is 201 Å². The van der Waals surface area contributed by atoms with Gasteiger partial charge < -0.3 is 19.0 Å². The number of hydrogen-bond acceptors (Lipinski definition) is 6. The van der Waals surface area contributed by atoms with Gasteiger partial charge >= 0.3 is 0 Å². The third-order valence-electron chi connectivity index (χ3n) is 4.51. The Kier molecular flexibility index (Phi) is 7.71. The maximum Gasteiger partial charge on any atom is 0.228 e. The number of halogens is 2. The zero-order valence-electron chi connectivity index (χ0n) is 17.1. The highest BCUT2D eigenvalue weighted by Crippen LogP contribution is 2.31. The van der Waals surface area contributed by atoms with Gasteiger partial charge in [-0.3, -0.25) is 9.59 Å². The molecule has 0 atom stereocenters. The number of carbonyl (C=O) groups is 2. The van der Waals surface area contributed by atoms with Crippen molar-refractivity contribution < 1.29 is 28.6 Å². The number of phenols is 1. The van der Waals surface area contributed by atoms with E-state index < -0.39 is 0 Å². The van der Waals surface area contributed by atoms with Gasteiger partial charge in [-0.05, 0) is 74.3 Å². The molecule has 0 unspecified atom stereocenters. The number of methoxy groups -OCH3 is 2. The second-order valence-corrected chi connectivity index (χ2v) is 8.17. The summed E-state index contributed by atoms with van der Waals surface area (Å²) in [6.45, 7) is 0. The fraction of sp³-hybridized carbons (Fsp3) is 0.0833. The summed E-state index contributed by atoms with van der Waals surface area (Å²) >= 11 is 6.49. The van der Waals surface area contributed by atoms with E-state index in [1.807, 2.05) is 18.2 Å². The van der Waals surface area contributed by atoms with Crippen LogP contribution in [0.4, 0.5) is 0 Å². The fourth-order valence-corrected chi connectivity index (χ4v) is 3.73. The predicted molar refractivity (Wildman–Crippen MR) is 128 cm³/mol. The molecule has 0 saturated heterocycles. The first-order chi connectivity index (χ1) is 15.4. The van der Waals surface area contributed by atoms with Crippen LogP contribution in [0.3, 0.4) is 0 Å². The quantitative estimate of drug-likeness (QED) is 0.224. The third-order valence-corrected chi connectivity index (χ3v) is 5.77. The van der Waals surface area contributed by atoms with E-state index in [0.29, 0.717) is 39.0 Å². The molecule has 0 aliphatic heterocycles. The summed E-state index contributed by atoms with van der Waals surface area (Å²) in [5.41, 5.74) is 1.44. The van der Waals surface area contributed by atoms with Crippen LogP contribution in [-0.2, 0) is 0 Å². The fourth-order valence-electron chi connectivity index (χ4n) is 2.89. The Morgan fingerprint density at radius 1 is 0.938 bits per heavy atom. The van der Waals surface area contributed by atoms with Crippen LogP contribution in [0.1, 0.15) is 26.5 Å². The average Bonchev–Trinajstić information content (AvgIpc) is 3.26. The van der Waals surface area contributed by atoms with Crippen LogP contribution >= 0.6 is 31.9 Å². The minimum absolute atomic E-state index is 0.00231. The van der Waals surface area contributed by atoms with Gasteiger partial charge in [-0.2, -0.15) is 0 Å². The Morgan fingerprint density at radius 3 is 2.25 bits per heavy atom. The van der Waals surface area contributed by atoms with Gasteiger partial charge in [-0.25, -0.2) is 0 Å². The van der Waals surface area contributed by atoms with Crippen molar-refractivity contribution in [3.05, 3.63) is 86.5 Å². The van der Waals surface area contributed by atoms with E-state index in [2.05, 4.69) is 31.9 Å². The highest BCUT2D eigenvalue weighted by molar-refractivity contribution is 9.11. The van der Waals surface area contributed by atoms with Crippen molar-refractivity contribution in [1.29, 1.82) is 0 Å². The maximum absolute atomic E-state index is 12.6. The molecule has 0 amide bonds. The van der Waals surface area contributed by atoms with Crippen LogP contribution in [0.25, 0.3) is 11.0 Å². The van der Waals surface area contributed by atoms with Crippen molar-refractivity contribution in [2.24, 2.45) is 0 Å². The van der Waals surface area contributed by atoms with Crippen LogP contribution in [0.15, 0.2) is 74.0 Å². The zero-order valence-corrected chi connectivity index (χ0v) is 20.3. The molecule has 4 aromatic rings. The van der Waals surface area contributed by atoms with Gasteiger partial charge in [0.1, 0.15) is 11.3 Å². The lowest BCUT2D eigenvalue weighted by Crippen LogP contribution is -2.01. The molecule has 0 aliphatic rings. The number of ether oxygens (including phenoxy) is 2. The minimum Gasteiger partial charge on any atom is -0.506 e. The van der Waals surface area contributed by atoms with E-state index in [-0.39, 0.29) is 17.3 Å². The van der Waals surface area contributed by atoms with Crippen LogP contribution < -0.4 is 9.47 Å². The minimum atomic E-state index is -0.205. The molecular formula is C24H18Br2O6. The summed E-state index contributed by atoms with van der Waals surface area (Å²) < 4.78 is 17.4. The average molecular weight is 562 g/mol. The molecule has 0 spiro atoms. The van der Waals surface area contributed by atoms with Crippen LogP contribution in [-0.4, -0.2) is 31.4 Å². The van der Waals surface area contributed by atoms with Gasteiger partial charge in [0.25, 0.3) is 0 Å². The van der Waals surface area contributed by atoms with Gasteiger partial charge in [0.15, 0.2) is 23.5 Å². The monoisotopic (exact) mass is 560 g/mol. The van der Waals surface area contributed by atoms with Crippen molar-refractivity contribution >= 4 is 54.9 Å². The number of benzene rings is 3. The van der Waals surface area contributed by atoms with Gasteiger partial charge in [0.05, 0.1) is 28.7 Å². The summed E-state index contributed by atoms with van der Waals surface area (Å²) in [5, 5.41) is 9.99. The maximum atomic E-state index is 12.6. The van der Waals surface area contributed by atoms with E-state index >= 15 is 0 Å². The molecule has 4 rings (SSSR count). The lowest BCUT2D eigenvalue weighted by molar-refractivity contribution is 0.101. The molecule has 0 fully saturated rings. The molecule has 164 valence electrons. The first kappa shape index (κ1) is 23.6. The Morgan fingerprint density at radius 2 is 1.62 bits per heavy atom. The topological polar surface area (TPSA) is 86.0 Å². The van der Waals surface area contributed by atoms with Crippen LogP contribution in [0.5, 0.6) is 17.2 Å². The van der Waals surface area contributed by atoms with Crippen molar-refractivity contribution in [2.75, 3.05) is 14.2 Å². The van der Waals surface area contributed by atoms with Crippen molar-refractivity contribution in [2.45, 2.75) is 0 Å². The third kappa shape index (κ3) is 5.03. The number of furan rings is 1. The van der Waals surface area contributed by atoms with Crippen molar-refractivity contribution in [3.8, 4) is 17.2 Å². The normalized spacial score (nSPS) is 10.2. The highest BCUT2D eigenvalue weighted by Gasteiger charge is 2.17. The molecule has 1 heterocycles. The number of carbonyl (C=O) groups excluding carboxylic acids is 2. The number of aromatic hydroxyl groups is 1. The van der Waals surface area contributed by atoms with Gasteiger partial charge in [-0.15, -0.1) is 0 Å². The summed E-state index contributed by atoms with van der Waals surface area (Å²) in [5.74, 6) is 1.16. The number of hydrogen-bond donors (Lipinski definition) is 1. The smallest absolute Gasteiger partial charge is 0.228 e. The SMILES string of the molecule is COc1ccc(C(=O)c2cc3cccc(Br)c3o2)cc1OC.O=Cc1cccc(Br)c1O. The van der Waals surface area contributed by atoms with Crippen molar-refractivity contribution in [1.82, 2.24) is 0 Å². The van der Waals surface area contributed by atoms with E-state index in [1.165, 1.54) is 7.11 Å². The number of ketones is 1. The number of aldehydes is 1. The van der Waals surface area contributed by atoms with Crippen LogP contribution in [0, 0.1) is 0 Å². The molecular weight excluding hydrogens is 544 g/mol. The molecule has 1 N–H and O–H groups in total. The van der Waals surface area contributed by atoms with Crippen LogP contribution in [0.2, 0.25) is 0 Å². The summed E-state index contributed by atoms with van der Waals surface area (Å²) in [6, 6.07) is 17.3. The highest BCUT2D eigenvalue weighted by atomic mass is 79.9. The second kappa shape index (κ2) is 10.5. The largest absolute Gasteiger partial charge is 0.506 e. The first-order valence-electron chi connectivity index (χ1n) is 9.27. The van der Waals surface area contributed by atoms with Gasteiger partial charge in [-0.1, -0.05) is 18.2 Å². The number of fused-ring (bicyclic) bond motifs is 1. The first-order valence-corrected chi connectivity index (χ1v) is 10.9. The number of phenolic OH excluding ortho intramolecular Hbond substituents is 1.